The lowest BCUT2D eigenvalue weighted by atomic mass is 10.1. The van der Waals surface area contributed by atoms with Gasteiger partial charge in [-0.1, -0.05) is 0 Å². The maximum absolute atomic E-state index is 12.3. The molecule has 3 aliphatic rings. The molecule has 34 heavy (non-hydrogen) atoms. The van der Waals surface area contributed by atoms with E-state index in [-0.39, 0.29) is 11.8 Å². The van der Waals surface area contributed by atoms with Crippen LogP contribution in [0.1, 0.15) is 19.3 Å². The largest absolute Gasteiger partial charge is 0.374 e. The number of pyridine rings is 3. The summed E-state index contributed by atoms with van der Waals surface area (Å²) in [4.78, 5) is 28.5. The number of rotatable bonds is 5. The van der Waals surface area contributed by atoms with Gasteiger partial charge in [-0.25, -0.2) is 19.5 Å². The standard InChI is InChI=1S/C24H24N8O2/c1-25-22-18-8-26-20(28-24(33)13-2-3-13)7-17(18)19(9-27-22)23-29-21-5-4-14(10-32(21)30-23)31-11-16-6-15(31)12-34-16/h4-5,7-10,13,15-16H,2-3,6,11-12H2,1H3,(H,25,27)(H,26,28,33)/t15-,16-/m1/s1. The van der Waals surface area contributed by atoms with Gasteiger partial charge in [-0.05, 0) is 37.5 Å². The Kier molecular flexibility index (Phi) is 4.25. The highest BCUT2D eigenvalue weighted by molar-refractivity contribution is 6.03. The molecule has 0 aromatic carbocycles. The van der Waals surface area contributed by atoms with Gasteiger partial charge in [0.2, 0.25) is 5.91 Å². The van der Waals surface area contributed by atoms with Crippen LogP contribution in [0.2, 0.25) is 0 Å². The van der Waals surface area contributed by atoms with E-state index in [0.717, 1.165) is 60.1 Å². The SMILES string of the molecule is CNc1ncc(-c2nc3ccc(N4C[C@H]5C[C@@H]4CO5)cn3n2)c2cc(NC(=O)C3CC3)ncc12. The molecule has 0 spiro atoms. The van der Waals surface area contributed by atoms with Gasteiger partial charge >= 0.3 is 0 Å². The molecular weight excluding hydrogens is 432 g/mol. The topological polar surface area (TPSA) is 110 Å². The number of nitrogens with one attached hydrogen (secondary N) is 2. The Morgan fingerprint density at radius 3 is 2.85 bits per heavy atom. The Labute approximate surface area is 195 Å². The molecular formula is C24H24N8O2. The van der Waals surface area contributed by atoms with Crippen LogP contribution in [0.25, 0.3) is 27.8 Å². The van der Waals surface area contributed by atoms with Crippen molar-refractivity contribution in [3.63, 3.8) is 0 Å². The molecule has 0 radical (unpaired) electrons. The van der Waals surface area contributed by atoms with Crippen LogP contribution in [0.5, 0.6) is 0 Å². The Bertz CT molecular complexity index is 1450. The summed E-state index contributed by atoms with van der Waals surface area (Å²) in [5.74, 6) is 1.94. The number of carbonyl (C=O) groups excluding carboxylic acids is 1. The third-order valence-corrected chi connectivity index (χ3v) is 7.00. The normalized spacial score (nSPS) is 21.5. The molecule has 1 amide bonds. The van der Waals surface area contributed by atoms with Crippen LogP contribution in [0, 0.1) is 5.92 Å². The zero-order valence-electron chi connectivity index (χ0n) is 18.7. The monoisotopic (exact) mass is 456 g/mol. The first-order valence-corrected chi connectivity index (χ1v) is 11.7. The lowest BCUT2D eigenvalue weighted by Gasteiger charge is -2.28. The van der Waals surface area contributed by atoms with Gasteiger partial charge in [-0.15, -0.1) is 5.10 Å². The number of anilines is 3. The summed E-state index contributed by atoms with van der Waals surface area (Å²) in [6, 6.07) is 6.42. The third kappa shape index (κ3) is 3.17. The van der Waals surface area contributed by atoms with Crippen molar-refractivity contribution in [1.82, 2.24) is 24.6 Å². The Balaban J connectivity index is 1.29. The molecule has 2 N–H and O–H groups in total. The molecule has 2 bridgehead atoms. The maximum Gasteiger partial charge on any atom is 0.228 e. The highest BCUT2D eigenvalue weighted by Gasteiger charge is 2.39. The predicted molar refractivity (Wildman–Crippen MR) is 128 cm³/mol. The van der Waals surface area contributed by atoms with E-state index in [1.165, 1.54) is 0 Å². The zero-order valence-corrected chi connectivity index (χ0v) is 18.7. The average Bonchev–Trinajstić information content (AvgIpc) is 3.29. The first kappa shape index (κ1) is 19.7. The molecule has 2 saturated heterocycles. The van der Waals surface area contributed by atoms with Crippen molar-refractivity contribution in [1.29, 1.82) is 0 Å². The van der Waals surface area contributed by atoms with Crippen LogP contribution in [0.15, 0.2) is 36.8 Å². The number of fused-ring (bicyclic) bond motifs is 4. The van der Waals surface area contributed by atoms with E-state index in [9.17, 15) is 4.79 Å². The molecule has 1 aliphatic carbocycles. The average molecular weight is 457 g/mol. The van der Waals surface area contributed by atoms with Crippen LogP contribution in [-0.2, 0) is 9.53 Å². The van der Waals surface area contributed by atoms with Crippen molar-refractivity contribution in [3.05, 3.63) is 36.8 Å². The van der Waals surface area contributed by atoms with Gasteiger partial charge < -0.3 is 20.3 Å². The number of hydrogen-bond acceptors (Lipinski definition) is 8. The molecule has 0 unspecified atom stereocenters. The molecule has 2 aliphatic heterocycles. The molecule has 10 nitrogen and oxygen atoms in total. The van der Waals surface area contributed by atoms with Crippen LogP contribution >= 0.6 is 0 Å². The van der Waals surface area contributed by atoms with Gasteiger partial charge in [-0.3, -0.25) is 4.79 Å². The van der Waals surface area contributed by atoms with E-state index in [4.69, 9.17) is 14.8 Å². The Morgan fingerprint density at radius 2 is 2.09 bits per heavy atom. The fraction of sp³-hybridized carbons (Fsp3) is 0.375. The van der Waals surface area contributed by atoms with E-state index < -0.39 is 0 Å². The highest BCUT2D eigenvalue weighted by Crippen LogP contribution is 2.35. The minimum atomic E-state index is 0.0238. The van der Waals surface area contributed by atoms with Crippen LogP contribution < -0.4 is 15.5 Å². The third-order valence-electron chi connectivity index (χ3n) is 7.00. The summed E-state index contributed by atoms with van der Waals surface area (Å²) in [7, 11) is 1.82. The molecule has 4 aromatic heterocycles. The van der Waals surface area contributed by atoms with Crippen molar-refractivity contribution >= 4 is 39.6 Å². The summed E-state index contributed by atoms with van der Waals surface area (Å²) >= 11 is 0. The molecule has 172 valence electrons. The number of ether oxygens (including phenoxy) is 1. The second kappa shape index (κ2) is 7.36. The van der Waals surface area contributed by atoms with Gasteiger partial charge in [0.25, 0.3) is 0 Å². The van der Waals surface area contributed by atoms with Crippen molar-refractivity contribution in [2.24, 2.45) is 5.92 Å². The van der Waals surface area contributed by atoms with Gasteiger partial charge in [0.15, 0.2) is 11.5 Å². The highest BCUT2D eigenvalue weighted by atomic mass is 16.5. The van der Waals surface area contributed by atoms with Crippen LogP contribution in [-0.4, -0.2) is 62.8 Å². The van der Waals surface area contributed by atoms with Crippen LogP contribution in [0.4, 0.5) is 17.3 Å². The van der Waals surface area contributed by atoms with E-state index in [2.05, 4.69) is 31.6 Å². The minimum Gasteiger partial charge on any atom is -0.374 e. The number of carbonyl (C=O) groups is 1. The maximum atomic E-state index is 12.3. The summed E-state index contributed by atoms with van der Waals surface area (Å²) in [5.41, 5.74) is 2.68. The van der Waals surface area contributed by atoms with Crippen molar-refractivity contribution in [2.75, 3.05) is 35.7 Å². The predicted octanol–water partition coefficient (Wildman–Crippen LogP) is 2.71. The fourth-order valence-corrected chi connectivity index (χ4v) is 5.03. The van der Waals surface area contributed by atoms with Gasteiger partial charge in [0.05, 0.1) is 30.6 Å². The lowest BCUT2D eigenvalue weighted by molar-refractivity contribution is -0.117. The van der Waals surface area contributed by atoms with Crippen molar-refractivity contribution in [2.45, 2.75) is 31.4 Å². The van der Waals surface area contributed by atoms with E-state index in [1.807, 2.05) is 29.9 Å². The summed E-state index contributed by atoms with van der Waals surface area (Å²) in [6.07, 6.45) is 8.84. The molecule has 3 fully saturated rings. The van der Waals surface area contributed by atoms with Gasteiger partial charge in [0, 0.05) is 48.2 Å². The van der Waals surface area contributed by atoms with Crippen LogP contribution in [0.3, 0.4) is 0 Å². The smallest absolute Gasteiger partial charge is 0.228 e. The van der Waals surface area contributed by atoms with Crippen molar-refractivity contribution < 1.29 is 9.53 Å². The first-order chi connectivity index (χ1) is 16.7. The number of morpholine rings is 1. The number of nitrogens with zero attached hydrogens (tertiary/aromatic N) is 6. The van der Waals surface area contributed by atoms with Crippen molar-refractivity contribution in [3.8, 4) is 11.4 Å². The first-order valence-electron chi connectivity index (χ1n) is 11.7. The fourth-order valence-electron chi connectivity index (χ4n) is 5.03. The molecule has 10 heteroatoms. The zero-order chi connectivity index (χ0) is 22.8. The van der Waals surface area contributed by atoms with Gasteiger partial charge in [0.1, 0.15) is 11.6 Å². The Morgan fingerprint density at radius 1 is 1.18 bits per heavy atom. The molecule has 2 atom stereocenters. The lowest BCUT2D eigenvalue weighted by Crippen LogP contribution is -2.37. The molecule has 1 saturated carbocycles. The van der Waals surface area contributed by atoms with E-state index >= 15 is 0 Å². The Hall–Kier alpha value is -3.79. The quantitative estimate of drug-likeness (QED) is 0.472. The molecule has 6 heterocycles. The summed E-state index contributed by atoms with van der Waals surface area (Å²) < 4.78 is 7.57. The summed E-state index contributed by atoms with van der Waals surface area (Å²) in [5, 5.41) is 12.6. The molecule has 7 rings (SSSR count). The second-order valence-electron chi connectivity index (χ2n) is 9.27. The summed E-state index contributed by atoms with van der Waals surface area (Å²) in [6.45, 7) is 1.70. The number of hydrogen-bond donors (Lipinski definition) is 2. The number of aromatic nitrogens is 5. The number of amides is 1. The second-order valence-corrected chi connectivity index (χ2v) is 9.27. The minimum absolute atomic E-state index is 0.0238. The van der Waals surface area contributed by atoms with Gasteiger partial charge in [-0.2, -0.15) is 0 Å². The van der Waals surface area contributed by atoms with E-state index in [1.54, 1.807) is 12.4 Å². The molecule has 4 aromatic rings. The van der Waals surface area contributed by atoms with E-state index in [0.29, 0.717) is 29.6 Å².